The molecule has 2 aromatic carbocycles. The number of nitrogens with two attached hydrogens (primary N) is 1. The van der Waals surface area contributed by atoms with Gasteiger partial charge in [-0.3, -0.25) is 10.1 Å². The zero-order valence-corrected chi connectivity index (χ0v) is 12.6. The third kappa shape index (κ3) is 4.20. The number of nitro groups is 1. The van der Waals surface area contributed by atoms with Gasteiger partial charge in [0, 0.05) is 12.1 Å². The number of ether oxygens (including phenoxy) is 1. The van der Waals surface area contributed by atoms with Crippen LogP contribution in [0.25, 0.3) is 0 Å². The lowest BCUT2D eigenvalue weighted by Crippen LogP contribution is -2.12. The summed E-state index contributed by atoms with van der Waals surface area (Å²) >= 11 is 5.57. The van der Waals surface area contributed by atoms with E-state index in [0.29, 0.717) is 17.2 Å². The van der Waals surface area contributed by atoms with Gasteiger partial charge in [-0.15, -0.1) is 11.6 Å². The van der Waals surface area contributed by atoms with Crippen molar-refractivity contribution in [2.75, 3.05) is 5.88 Å². The summed E-state index contributed by atoms with van der Waals surface area (Å²) in [4.78, 5) is 14.5. The molecule has 114 valence electrons. The lowest BCUT2D eigenvalue weighted by atomic mass is 10.2. The zero-order valence-electron chi connectivity index (χ0n) is 11.8. The largest absolute Gasteiger partial charge is 0.457 e. The van der Waals surface area contributed by atoms with E-state index in [0.717, 1.165) is 5.56 Å². The average molecular weight is 320 g/mol. The predicted octanol–water partition coefficient (Wildman–Crippen LogP) is 3.92. The number of non-ortho nitro benzene ring substituents is 1. The second-order valence-corrected chi connectivity index (χ2v) is 4.86. The highest BCUT2D eigenvalue weighted by molar-refractivity contribution is 6.28. The van der Waals surface area contributed by atoms with Crippen molar-refractivity contribution < 1.29 is 9.66 Å². The fourth-order valence-corrected chi connectivity index (χ4v) is 1.79. The Hall–Kier alpha value is -2.60. The highest BCUT2D eigenvalue weighted by Gasteiger charge is 2.11. The number of aliphatic imine (C=N–C) groups is 1. The molecule has 0 aromatic heterocycles. The van der Waals surface area contributed by atoms with Gasteiger partial charge in [0.2, 0.25) is 0 Å². The van der Waals surface area contributed by atoms with E-state index in [1.807, 2.05) is 19.1 Å². The summed E-state index contributed by atoms with van der Waals surface area (Å²) < 4.78 is 5.63. The molecule has 7 heteroatoms. The monoisotopic (exact) mass is 319 g/mol. The molecule has 2 rings (SSSR count). The van der Waals surface area contributed by atoms with Crippen LogP contribution in [0.4, 0.5) is 11.4 Å². The highest BCUT2D eigenvalue weighted by atomic mass is 35.5. The van der Waals surface area contributed by atoms with Crippen LogP contribution in [-0.4, -0.2) is 16.6 Å². The normalized spacial score (nSPS) is 11.3. The Morgan fingerprint density at radius 1 is 1.27 bits per heavy atom. The van der Waals surface area contributed by atoms with Crippen LogP contribution in [-0.2, 0) is 0 Å². The second-order valence-electron chi connectivity index (χ2n) is 4.59. The molecule has 0 spiro atoms. The van der Waals surface area contributed by atoms with Crippen molar-refractivity contribution >= 4 is 28.8 Å². The van der Waals surface area contributed by atoms with Crippen molar-refractivity contribution in [2.45, 2.75) is 6.92 Å². The van der Waals surface area contributed by atoms with E-state index in [1.165, 1.54) is 12.1 Å². The molecule has 2 aromatic rings. The van der Waals surface area contributed by atoms with Crippen molar-refractivity contribution in [3.63, 3.8) is 0 Å². The minimum absolute atomic E-state index is 0.0385. The predicted molar refractivity (Wildman–Crippen MR) is 86.4 cm³/mol. The molecule has 0 aliphatic heterocycles. The van der Waals surface area contributed by atoms with E-state index in [4.69, 9.17) is 22.1 Å². The Morgan fingerprint density at radius 3 is 2.55 bits per heavy atom. The Morgan fingerprint density at radius 2 is 1.95 bits per heavy atom. The summed E-state index contributed by atoms with van der Waals surface area (Å²) in [6, 6.07) is 11.5. The first-order valence-corrected chi connectivity index (χ1v) is 6.94. The van der Waals surface area contributed by atoms with E-state index < -0.39 is 4.92 Å². The van der Waals surface area contributed by atoms with Gasteiger partial charge in [0.15, 0.2) is 0 Å². The van der Waals surface area contributed by atoms with Crippen molar-refractivity contribution in [3.8, 4) is 11.5 Å². The molecule has 22 heavy (non-hydrogen) atoms. The van der Waals surface area contributed by atoms with Crippen LogP contribution in [0.5, 0.6) is 11.5 Å². The molecule has 0 fully saturated rings. The lowest BCUT2D eigenvalue weighted by molar-refractivity contribution is -0.384. The molecular formula is C15H14ClN3O3. The van der Waals surface area contributed by atoms with Crippen molar-refractivity contribution in [2.24, 2.45) is 10.7 Å². The molecule has 0 atom stereocenters. The van der Waals surface area contributed by atoms with Crippen LogP contribution in [0, 0.1) is 17.0 Å². The third-order valence-electron chi connectivity index (χ3n) is 2.75. The van der Waals surface area contributed by atoms with Gasteiger partial charge >= 0.3 is 0 Å². The topological polar surface area (TPSA) is 90.8 Å². The lowest BCUT2D eigenvalue weighted by Gasteiger charge is -2.07. The Kier molecular flexibility index (Phi) is 4.95. The molecule has 0 saturated carbocycles. The van der Waals surface area contributed by atoms with Gasteiger partial charge in [-0.25, -0.2) is 4.99 Å². The van der Waals surface area contributed by atoms with Gasteiger partial charge in [0.25, 0.3) is 5.69 Å². The van der Waals surface area contributed by atoms with Crippen LogP contribution < -0.4 is 10.5 Å². The molecule has 0 amide bonds. The maximum absolute atomic E-state index is 11.0. The van der Waals surface area contributed by atoms with Gasteiger partial charge in [0.05, 0.1) is 22.6 Å². The minimum Gasteiger partial charge on any atom is -0.457 e. The average Bonchev–Trinajstić information content (AvgIpc) is 2.49. The first-order chi connectivity index (χ1) is 10.5. The van der Waals surface area contributed by atoms with Gasteiger partial charge in [-0.05, 0) is 19.1 Å². The van der Waals surface area contributed by atoms with E-state index in [9.17, 15) is 10.1 Å². The summed E-state index contributed by atoms with van der Waals surface area (Å²) in [6.07, 6.45) is 0. The van der Waals surface area contributed by atoms with E-state index in [1.54, 1.807) is 18.2 Å². The summed E-state index contributed by atoms with van der Waals surface area (Å²) in [5.41, 5.74) is 6.83. The molecule has 2 N–H and O–H groups in total. The zero-order chi connectivity index (χ0) is 16.1. The number of hydrogen-bond donors (Lipinski definition) is 1. The first-order valence-electron chi connectivity index (χ1n) is 6.41. The van der Waals surface area contributed by atoms with Crippen LogP contribution in [0.15, 0.2) is 47.5 Å². The van der Waals surface area contributed by atoms with Crippen LogP contribution in [0.3, 0.4) is 0 Å². The standard InChI is InChI=1S/C15H14ClN3O3/c1-10-2-4-13(5-3-10)22-14-7-11(18-15(17)9-16)6-12(8-14)19(20)21/h2-8H,9H2,1H3,(H2,17,18). The number of aryl methyl sites for hydroxylation is 1. The number of alkyl halides is 1. The smallest absolute Gasteiger partial charge is 0.275 e. The van der Waals surface area contributed by atoms with Crippen molar-refractivity contribution in [1.82, 2.24) is 0 Å². The number of hydrogen-bond acceptors (Lipinski definition) is 4. The molecule has 0 unspecified atom stereocenters. The van der Waals surface area contributed by atoms with E-state index in [2.05, 4.69) is 4.99 Å². The Labute approximate surface area is 132 Å². The van der Waals surface area contributed by atoms with Crippen LogP contribution in [0.2, 0.25) is 0 Å². The fraction of sp³-hybridized carbons (Fsp3) is 0.133. The molecule has 0 aliphatic rings. The number of halogens is 1. The van der Waals surface area contributed by atoms with Crippen molar-refractivity contribution in [3.05, 3.63) is 58.1 Å². The quantitative estimate of drug-likeness (QED) is 0.297. The Bertz CT molecular complexity index is 714. The maximum atomic E-state index is 11.0. The summed E-state index contributed by atoms with van der Waals surface area (Å²) in [7, 11) is 0. The number of benzene rings is 2. The third-order valence-corrected chi connectivity index (χ3v) is 3.03. The summed E-state index contributed by atoms with van der Waals surface area (Å²) in [6.45, 7) is 1.96. The van der Waals surface area contributed by atoms with E-state index >= 15 is 0 Å². The molecule has 0 bridgehead atoms. The molecule has 0 saturated heterocycles. The number of rotatable bonds is 5. The fourth-order valence-electron chi connectivity index (χ4n) is 1.74. The first kappa shape index (κ1) is 15.8. The number of nitro benzene ring substituents is 1. The van der Waals surface area contributed by atoms with Gasteiger partial charge in [0.1, 0.15) is 17.3 Å². The molecule has 0 aliphatic carbocycles. The second kappa shape index (κ2) is 6.91. The molecule has 0 heterocycles. The number of nitrogens with zero attached hydrogens (tertiary/aromatic N) is 2. The van der Waals surface area contributed by atoms with Crippen LogP contribution in [0.1, 0.15) is 5.56 Å². The molecule has 6 nitrogen and oxygen atoms in total. The highest BCUT2D eigenvalue weighted by Crippen LogP contribution is 2.31. The maximum Gasteiger partial charge on any atom is 0.275 e. The SMILES string of the molecule is Cc1ccc(Oc2cc(N=C(N)CCl)cc([N+](=O)[O-])c2)cc1. The summed E-state index contributed by atoms with van der Waals surface area (Å²) in [5.74, 6) is 1.09. The van der Waals surface area contributed by atoms with Crippen molar-refractivity contribution in [1.29, 1.82) is 0 Å². The van der Waals surface area contributed by atoms with E-state index in [-0.39, 0.29) is 17.4 Å². The minimum atomic E-state index is -0.516. The van der Waals surface area contributed by atoms with Crippen LogP contribution >= 0.6 is 11.6 Å². The Balaban J connectivity index is 2.37. The summed E-state index contributed by atoms with van der Waals surface area (Å²) in [5, 5.41) is 11.0. The van der Waals surface area contributed by atoms with Gasteiger partial charge in [-0.1, -0.05) is 17.7 Å². The van der Waals surface area contributed by atoms with Gasteiger partial charge in [-0.2, -0.15) is 0 Å². The molecule has 0 radical (unpaired) electrons. The molecular weight excluding hydrogens is 306 g/mol. The number of amidine groups is 1. The van der Waals surface area contributed by atoms with Gasteiger partial charge < -0.3 is 10.5 Å².